The topological polar surface area (TPSA) is 34.1 Å². The highest BCUT2D eigenvalue weighted by Gasteiger charge is 2.17. The van der Waals surface area contributed by atoms with Crippen LogP contribution in [-0.4, -0.2) is 8.42 Å². The van der Waals surface area contributed by atoms with Gasteiger partial charge in [-0.15, -0.1) is 0 Å². The van der Waals surface area contributed by atoms with Crippen LogP contribution in [0.3, 0.4) is 0 Å². The Morgan fingerprint density at radius 3 is 2.36 bits per heavy atom. The van der Waals surface area contributed by atoms with Gasteiger partial charge in [-0.2, -0.15) is 0 Å². The van der Waals surface area contributed by atoms with Crippen molar-refractivity contribution >= 4 is 36.5 Å². The van der Waals surface area contributed by atoms with Gasteiger partial charge in [0, 0.05) is 10.0 Å². The Balaban J connectivity index is 2.02. The Labute approximate surface area is 136 Å². The predicted octanol–water partition coefficient (Wildman–Crippen LogP) is 4.72. The summed E-state index contributed by atoms with van der Waals surface area (Å²) in [5, 5.41) is 1.78. The summed E-state index contributed by atoms with van der Waals surface area (Å²) in [4.78, 5) is 0.200. The predicted molar refractivity (Wildman–Crippen MR) is 88.9 cm³/mol. The van der Waals surface area contributed by atoms with E-state index in [1.165, 1.54) is 12.1 Å². The molecule has 0 aromatic heterocycles. The first-order chi connectivity index (χ1) is 10.5. The monoisotopic (exact) mass is 378 g/mol. The molecule has 0 saturated carbocycles. The minimum atomic E-state index is -3.59. The van der Waals surface area contributed by atoms with Crippen LogP contribution in [0.4, 0.5) is 4.39 Å². The van der Waals surface area contributed by atoms with Crippen LogP contribution < -0.4 is 0 Å². The number of fused-ring (bicyclic) bond motifs is 1. The highest BCUT2D eigenvalue weighted by atomic mass is 79.9. The van der Waals surface area contributed by atoms with Gasteiger partial charge in [-0.3, -0.25) is 0 Å². The standard InChI is InChI=1S/C17H12BrFO2S/c18-15-7-5-13-10-16(8-6-12(13)9-15)22(20,21)11-14-3-1-2-4-17(14)19/h1-10H,11H2. The second kappa shape index (κ2) is 5.82. The van der Waals surface area contributed by atoms with Crippen molar-refractivity contribution < 1.29 is 12.8 Å². The number of hydrogen-bond donors (Lipinski definition) is 0. The molecule has 3 aromatic rings. The first-order valence-electron chi connectivity index (χ1n) is 6.61. The average molecular weight is 379 g/mol. The molecule has 0 unspecified atom stereocenters. The molecule has 0 saturated heterocycles. The summed E-state index contributed by atoms with van der Waals surface area (Å²) < 4.78 is 39.6. The van der Waals surface area contributed by atoms with Gasteiger partial charge in [-0.05, 0) is 41.1 Å². The van der Waals surface area contributed by atoms with Gasteiger partial charge in [-0.25, -0.2) is 12.8 Å². The molecule has 0 spiro atoms. The van der Waals surface area contributed by atoms with E-state index in [1.54, 1.807) is 30.3 Å². The van der Waals surface area contributed by atoms with E-state index >= 15 is 0 Å². The second-order valence-corrected chi connectivity index (χ2v) is 7.91. The first kappa shape index (κ1) is 15.2. The summed E-state index contributed by atoms with van der Waals surface area (Å²) in [6, 6.07) is 16.5. The third kappa shape index (κ3) is 3.05. The highest BCUT2D eigenvalue weighted by Crippen LogP contribution is 2.25. The van der Waals surface area contributed by atoms with Gasteiger partial charge in [0.15, 0.2) is 9.84 Å². The Morgan fingerprint density at radius 1 is 0.909 bits per heavy atom. The number of benzene rings is 3. The fourth-order valence-electron chi connectivity index (χ4n) is 2.29. The zero-order chi connectivity index (χ0) is 15.7. The van der Waals surface area contributed by atoms with Crippen molar-refractivity contribution in [1.29, 1.82) is 0 Å². The summed E-state index contributed by atoms with van der Waals surface area (Å²) in [5.74, 6) is -0.849. The van der Waals surface area contributed by atoms with Crippen molar-refractivity contribution in [3.05, 3.63) is 76.5 Å². The van der Waals surface area contributed by atoms with Gasteiger partial charge >= 0.3 is 0 Å². The van der Waals surface area contributed by atoms with E-state index < -0.39 is 15.7 Å². The molecule has 0 N–H and O–H groups in total. The molecular weight excluding hydrogens is 367 g/mol. The molecule has 22 heavy (non-hydrogen) atoms. The average Bonchev–Trinajstić information content (AvgIpc) is 2.49. The van der Waals surface area contributed by atoms with Crippen molar-refractivity contribution in [2.24, 2.45) is 0 Å². The zero-order valence-electron chi connectivity index (χ0n) is 11.5. The Bertz CT molecular complexity index is 952. The van der Waals surface area contributed by atoms with Crippen molar-refractivity contribution in [1.82, 2.24) is 0 Å². The first-order valence-corrected chi connectivity index (χ1v) is 9.06. The largest absolute Gasteiger partial charge is 0.223 e. The van der Waals surface area contributed by atoms with E-state index in [0.29, 0.717) is 0 Å². The molecular formula is C17H12BrFO2S. The van der Waals surface area contributed by atoms with Crippen LogP contribution in [0.2, 0.25) is 0 Å². The van der Waals surface area contributed by atoms with E-state index in [9.17, 15) is 12.8 Å². The molecule has 2 nitrogen and oxygen atoms in total. The maximum absolute atomic E-state index is 13.7. The summed E-state index contributed by atoms with van der Waals surface area (Å²) in [6.45, 7) is 0. The minimum Gasteiger partial charge on any atom is -0.223 e. The zero-order valence-corrected chi connectivity index (χ0v) is 13.9. The Morgan fingerprint density at radius 2 is 1.59 bits per heavy atom. The van der Waals surface area contributed by atoms with E-state index in [0.717, 1.165) is 15.2 Å². The minimum absolute atomic E-state index is 0.179. The van der Waals surface area contributed by atoms with Crippen LogP contribution in [0, 0.1) is 5.82 Å². The van der Waals surface area contributed by atoms with Crippen molar-refractivity contribution in [3.8, 4) is 0 Å². The second-order valence-electron chi connectivity index (χ2n) is 5.00. The van der Waals surface area contributed by atoms with Crippen LogP contribution in [-0.2, 0) is 15.6 Å². The van der Waals surface area contributed by atoms with Crippen LogP contribution in [0.5, 0.6) is 0 Å². The van der Waals surface area contributed by atoms with Crippen LogP contribution in [0.1, 0.15) is 5.56 Å². The van der Waals surface area contributed by atoms with E-state index in [4.69, 9.17) is 0 Å². The normalized spacial score (nSPS) is 11.7. The molecule has 0 aliphatic heterocycles. The van der Waals surface area contributed by atoms with Crippen molar-refractivity contribution in [2.45, 2.75) is 10.6 Å². The lowest BCUT2D eigenvalue weighted by atomic mass is 10.1. The summed E-state index contributed by atoms with van der Waals surface area (Å²) >= 11 is 3.38. The molecule has 0 fully saturated rings. The number of sulfone groups is 1. The lowest BCUT2D eigenvalue weighted by Crippen LogP contribution is -2.06. The number of hydrogen-bond acceptors (Lipinski definition) is 2. The Hall–Kier alpha value is -1.72. The molecule has 0 aliphatic carbocycles. The molecule has 112 valence electrons. The molecule has 0 bridgehead atoms. The van der Waals surface area contributed by atoms with Gasteiger partial charge in [-0.1, -0.05) is 46.3 Å². The van der Waals surface area contributed by atoms with Gasteiger partial charge in [0.2, 0.25) is 0 Å². The molecule has 0 aliphatic rings. The molecule has 0 atom stereocenters. The summed E-state index contributed by atoms with van der Waals surface area (Å²) in [5.41, 5.74) is 0.179. The molecule has 5 heteroatoms. The third-order valence-corrected chi connectivity index (χ3v) is 5.59. The molecule has 0 amide bonds. The lowest BCUT2D eigenvalue weighted by Gasteiger charge is -2.07. The number of halogens is 2. The van der Waals surface area contributed by atoms with Gasteiger partial charge in [0.1, 0.15) is 5.82 Å². The maximum atomic E-state index is 13.7. The summed E-state index contributed by atoms with van der Waals surface area (Å²) in [7, 11) is -3.59. The smallest absolute Gasteiger partial charge is 0.182 e. The van der Waals surface area contributed by atoms with Gasteiger partial charge in [0.25, 0.3) is 0 Å². The van der Waals surface area contributed by atoms with E-state index in [1.807, 2.05) is 18.2 Å². The van der Waals surface area contributed by atoms with Crippen LogP contribution >= 0.6 is 15.9 Å². The van der Waals surface area contributed by atoms with Gasteiger partial charge in [0.05, 0.1) is 10.6 Å². The molecule has 3 aromatic carbocycles. The highest BCUT2D eigenvalue weighted by molar-refractivity contribution is 9.10. The fraction of sp³-hybridized carbons (Fsp3) is 0.0588. The molecule has 3 rings (SSSR count). The van der Waals surface area contributed by atoms with Gasteiger partial charge < -0.3 is 0 Å². The molecule has 0 heterocycles. The SMILES string of the molecule is O=S(=O)(Cc1ccccc1F)c1ccc2cc(Br)ccc2c1. The Kier molecular flexibility index (Phi) is 4.02. The van der Waals surface area contributed by atoms with Crippen molar-refractivity contribution in [3.63, 3.8) is 0 Å². The fourth-order valence-corrected chi connectivity index (χ4v) is 4.06. The van der Waals surface area contributed by atoms with Crippen molar-refractivity contribution in [2.75, 3.05) is 0 Å². The lowest BCUT2D eigenvalue weighted by molar-refractivity contribution is 0.587. The summed E-state index contributed by atoms with van der Waals surface area (Å²) in [6.07, 6.45) is 0. The third-order valence-electron chi connectivity index (χ3n) is 3.44. The quantitative estimate of drug-likeness (QED) is 0.660. The van der Waals surface area contributed by atoms with Crippen LogP contribution in [0.15, 0.2) is 70.0 Å². The molecule has 0 radical (unpaired) electrons. The number of rotatable bonds is 3. The van der Waals surface area contributed by atoms with Crippen LogP contribution in [0.25, 0.3) is 10.8 Å². The van der Waals surface area contributed by atoms with E-state index in [-0.39, 0.29) is 16.2 Å². The van der Waals surface area contributed by atoms with E-state index in [2.05, 4.69) is 15.9 Å². The maximum Gasteiger partial charge on any atom is 0.182 e.